The quantitative estimate of drug-likeness (QED) is 0.325. The number of aromatic nitrogens is 2. The normalized spacial score (nSPS) is 7.20. The molecule has 2 nitrogen and oxygen atoms in total. The molecule has 0 fully saturated rings. The first-order valence-corrected chi connectivity index (χ1v) is 2.89. The number of rotatable bonds is 0. The fraction of sp³-hybridized carbons (Fsp3) is 0. The zero-order chi connectivity index (χ0) is 5.98. The summed E-state index contributed by atoms with van der Waals surface area (Å²) in [5.41, 5.74) is 0. The molecule has 6 heteroatoms. The summed E-state index contributed by atoms with van der Waals surface area (Å²) in [4.78, 5) is 5.51. The second kappa shape index (κ2) is 7.18. The molecule has 0 spiro atoms. The molecule has 2 N–H and O–H groups in total. The molecule has 0 aliphatic carbocycles. The number of H-pyrrole nitrogens is 2. The molecule has 1 aromatic heterocycles. The summed E-state index contributed by atoms with van der Waals surface area (Å²) in [5, 5.41) is 0. The molecule has 46 valence electrons. The topological polar surface area (TPSA) is 31.6 Å². The third-order valence-electron chi connectivity index (χ3n) is 0.686. The van der Waals surface area contributed by atoms with Gasteiger partial charge in [0.2, 0.25) is 0 Å². The van der Waals surface area contributed by atoms with E-state index in [1.165, 1.54) is 0 Å². The molecule has 0 saturated heterocycles. The van der Waals surface area contributed by atoms with E-state index in [9.17, 15) is 0 Å². The third-order valence-corrected chi connectivity index (χ3v) is 1.14. The molecule has 1 rings (SSSR count). The van der Waals surface area contributed by atoms with Crippen molar-refractivity contribution < 1.29 is 62.0 Å². The molecule has 1 heterocycles. The average molecular weight is 192 g/mol. The van der Waals surface area contributed by atoms with Crippen molar-refractivity contribution in [1.82, 2.24) is 9.97 Å². The van der Waals surface area contributed by atoms with Crippen molar-refractivity contribution in [3.8, 4) is 0 Å². The van der Waals surface area contributed by atoms with E-state index in [4.69, 9.17) is 24.4 Å². The van der Waals surface area contributed by atoms with Crippen molar-refractivity contribution in [1.29, 1.82) is 0 Å². The van der Waals surface area contributed by atoms with Crippen LogP contribution in [0.3, 0.4) is 0 Å². The second-order valence-corrected chi connectivity index (χ2v) is 2.14. The van der Waals surface area contributed by atoms with E-state index < -0.39 is 0 Å². The maximum absolute atomic E-state index is 4.76. The summed E-state index contributed by atoms with van der Waals surface area (Å²) < 4.78 is 1.23. The summed E-state index contributed by atoms with van der Waals surface area (Å²) in [6.07, 6.45) is 1.71. The van der Waals surface area contributed by atoms with Gasteiger partial charge in [-0.3, -0.25) is 0 Å². The van der Waals surface area contributed by atoms with Crippen molar-refractivity contribution in [2.75, 3.05) is 0 Å². The molecule has 0 aliphatic heterocycles. The monoisotopic (exact) mass is 192 g/mol. The van der Waals surface area contributed by atoms with E-state index in [1.54, 1.807) is 12.3 Å². The Morgan fingerprint density at radius 3 is 2.20 bits per heavy atom. The predicted octanol–water partition coefficient (Wildman–Crippen LogP) is -3.97. The molecule has 0 atom stereocenters. The standard InChI is InChI=1S/C4H4N2S2.2Na.2H/c7-3-1-2-5-4(8)6-3;;;;/h1-2H,(H2,5,6,7,8);;;;/q;2*+1;2*-1. The predicted molar refractivity (Wildman–Crippen MR) is 39.0 cm³/mol. The van der Waals surface area contributed by atoms with Crippen LogP contribution in [0, 0.1) is 9.41 Å². The van der Waals surface area contributed by atoms with Crippen LogP contribution in [0.15, 0.2) is 12.3 Å². The Labute approximate surface area is 116 Å². The van der Waals surface area contributed by atoms with E-state index in [1.807, 2.05) is 0 Å². The minimum Gasteiger partial charge on any atom is -1.00 e. The Morgan fingerprint density at radius 1 is 1.30 bits per heavy atom. The molecule has 0 amide bonds. The van der Waals surface area contributed by atoms with Crippen LogP contribution in [0.4, 0.5) is 0 Å². The van der Waals surface area contributed by atoms with Gasteiger partial charge in [-0.15, -0.1) is 0 Å². The largest absolute Gasteiger partial charge is 1.00 e. The smallest absolute Gasteiger partial charge is 1.00 e. The van der Waals surface area contributed by atoms with E-state index >= 15 is 0 Å². The van der Waals surface area contributed by atoms with E-state index in [0.29, 0.717) is 9.41 Å². The minimum absolute atomic E-state index is 0. The molecule has 0 radical (unpaired) electrons. The average Bonchev–Trinajstić information content (AvgIpc) is 1.64. The van der Waals surface area contributed by atoms with E-state index in [-0.39, 0.29) is 62.0 Å². The van der Waals surface area contributed by atoms with E-state index in [0.717, 1.165) is 0 Å². The van der Waals surface area contributed by atoms with Crippen LogP contribution in [-0.4, -0.2) is 9.97 Å². The van der Waals surface area contributed by atoms with Crippen molar-refractivity contribution in [3.63, 3.8) is 0 Å². The molecular formula is C4H6N2Na2S2. The number of hydrogen-bond acceptors (Lipinski definition) is 2. The van der Waals surface area contributed by atoms with Gasteiger partial charge >= 0.3 is 59.1 Å². The van der Waals surface area contributed by atoms with Crippen LogP contribution >= 0.6 is 24.4 Å². The Bertz CT molecular complexity index is 261. The van der Waals surface area contributed by atoms with Crippen molar-refractivity contribution in [2.45, 2.75) is 0 Å². The van der Waals surface area contributed by atoms with Crippen LogP contribution in [0.5, 0.6) is 0 Å². The molecule has 0 aromatic carbocycles. The van der Waals surface area contributed by atoms with Gasteiger partial charge in [-0.25, -0.2) is 0 Å². The molecule has 1 aromatic rings. The Kier molecular flexibility index (Phi) is 10.1. The van der Waals surface area contributed by atoms with Crippen LogP contribution in [0.25, 0.3) is 0 Å². The van der Waals surface area contributed by atoms with Crippen molar-refractivity contribution >= 4 is 24.4 Å². The summed E-state index contributed by atoms with van der Waals surface area (Å²) in [6.45, 7) is 0. The first-order chi connectivity index (χ1) is 3.79. The van der Waals surface area contributed by atoms with Crippen LogP contribution in [-0.2, 0) is 0 Å². The number of aromatic amines is 2. The molecule has 0 saturated carbocycles. The summed E-state index contributed by atoms with van der Waals surface area (Å²) in [6, 6.07) is 1.74. The fourth-order valence-electron chi connectivity index (χ4n) is 0.383. The van der Waals surface area contributed by atoms with Crippen LogP contribution in [0.1, 0.15) is 2.85 Å². The third kappa shape index (κ3) is 5.21. The fourth-order valence-corrected chi connectivity index (χ4v) is 0.795. The molecule has 0 aliphatic rings. The van der Waals surface area contributed by atoms with Gasteiger partial charge in [0.05, 0.1) is 0 Å². The second-order valence-electron chi connectivity index (χ2n) is 1.30. The summed E-state index contributed by atoms with van der Waals surface area (Å²) in [7, 11) is 0. The first kappa shape index (κ1) is 14.1. The SMILES string of the molecule is S=c1cc[nH]c(=S)[nH]1.[H-].[H-].[Na+].[Na+]. The van der Waals surface area contributed by atoms with Gasteiger partial charge in [-0.05, 0) is 18.3 Å². The van der Waals surface area contributed by atoms with Crippen molar-refractivity contribution in [2.24, 2.45) is 0 Å². The van der Waals surface area contributed by atoms with Crippen molar-refractivity contribution in [3.05, 3.63) is 21.7 Å². The van der Waals surface area contributed by atoms with Gasteiger partial charge in [0, 0.05) is 6.20 Å². The Balaban J connectivity index is -0.0000000800. The van der Waals surface area contributed by atoms with Crippen LogP contribution < -0.4 is 59.1 Å². The number of nitrogens with one attached hydrogen (secondary N) is 2. The maximum atomic E-state index is 4.76. The molecule has 0 unspecified atom stereocenters. The molecule has 0 bridgehead atoms. The van der Waals surface area contributed by atoms with Gasteiger partial charge in [0.25, 0.3) is 0 Å². The van der Waals surface area contributed by atoms with Gasteiger partial charge in [0.1, 0.15) is 4.64 Å². The molecule has 10 heavy (non-hydrogen) atoms. The summed E-state index contributed by atoms with van der Waals surface area (Å²) in [5.74, 6) is 0. The van der Waals surface area contributed by atoms with Gasteiger partial charge < -0.3 is 12.8 Å². The first-order valence-electron chi connectivity index (χ1n) is 2.07. The van der Waals surface area contributed by atoms with Crippen LogP contribution in [0.2, 0.25) is 0 Å². The zero-order valence-corrected chi connectivity index (χ0v) is 11.6. The van der Waals surface area contributed by atoms with Gasteiger partial charge in [-0.1, -0.05) is 12.2 Å². The maximum Gasteiger partial charge on any atom is 1.00 e. The Hall–Kier alpha value is 1.52. The van der Waals surface area contributed by atoms with E-state index in [2.05, 4.69) is 9.97 Å². The summed E-state index contributed by atoms with van der Waals surface area (Å²) >= 11 is 9.48. The Morgan fingerprint density at radius 2 is 1.90 bits per heavy atom. The van der Waals surface area contributed by atoms with Gasteiger partial charge in [0.15, 0.2) is 4.77 Å². The minimum atomic E-state index is 0. The zero-order valence-electron chi connectivity index (χ0n) is 7.97. The van der Waals surface area contributed by atoms with Gasteiger partial charge in [-0.2, -0.15) is 0 Å². The molecular weight excluding hydrogens is 186 g/mol. The number of hydrogen-bond donors (Lipinski definition) is 2.